The molecule has 0 saturated heterocycles. The van der Waals surface area contributed by atoms with Gasteiger partial charge in [-0.2, -0.15) is 0 Å². The fourth-order valence-electron chi connectivity index (χ4n) is 2.34. The summed E-state index contributed by atoms with van der Waals surface area (Å²) < 4.78 is 2.37. The summed E-state index contributed by atoms with van der Waals surface area (Å²) in [6.45, 7) is 7.82. The van der Waals surface area contributed by atoms with Crippen LogP contribution in [-0.4, -0.2) is 15.6 Å². The number of aromatic nitrogens is 1. The smallest absolute Gasteiger partial charge is 0.330 e. The van der Waals surface area contributed by atoms with Crippen molar-refractivity contribution >= 4 is 27.8 Å². The number of rotatable bonds is 2. The first-order valence-corrected chi connectivity index (χ1v) is 6.91. The van der Waals surface area contributed by atoms with Gasteiger partial charge < -0.3 is 9.67 Å². The van der Waals surface area contributed by atoms with E-state index < -0.39 is 5.97 Å². The third-order valence-electron chi connectivity index (χ3n) is 3.36. The van der Waals surface area contributed by atoms with E-state index in [0.29, 0.717) is 0 Å². The molecule has 0 aliphatic carbocycles. The highest BCUT2D eigenvalue weighted by Gasteiger charge is 2.06. The lowest BCUT2D eigenvalue weighted by Gasteiger charge is -2.01. The number of carboxylic acid groups (broad SMARTS) is 1. The van der Waals surface area contributed by atoms with Crippen molar-refractivity contribution in [3.63, 3.8) is 0 Å². The second-order valence-corrected chi connectivity index (χ2v) is 4.86. The predicted octanol–water partition coefficient (Wildman–Crippen LogP) is 4.46. The van der Waals surface area contributed by atoms with Crippen molar-refractivity contribution in [1.29, 1.82) is 0 Å². The topological polar surface area (TPSA) is 42.2 Å². The van der Waals surface area contributed by atoms with E-state index in [0.717, 1.165) is 6.54 Å². The molecule has 1 heterocycles. The third-order valence-corrected chi connectivity index (χ3v) is 3.36. The second kappa shape index (κ2) is 6.27. The SMILES string of the molecule is C=C(C)C(=O)O.CCn1c2ccccc2c2ccccc21. The van der Waals surface area contributed by atoms with Crippen LogP contribution in [0.2, 0.25) is 0 Å². The molecule has 0 atom stereocenters. The fraction of sp³-hybridized carbons (Fsp3) is 0.167. The molecule has 0 amide bonds. The maximum absolute atomic E-state index is 9.60. The van der Waals surface area contributed by atoms with Gasteiger partial charge in [0.1, 0.15) is 0 Å². The largest absolute Gasteiger partial charge is 0.478 e. The van der Waals surface area contributed by atoms with Gasteiger partial charge in [-0.25, -0.2) is 4.79 Å². The van der Waals surface area contributed by atoms with E-state index >= 15 is 0 Å². The van der Waals surface area contributed by atoms with Crippen LogP contribution >= 0.6 is 0 Å². The Labute approximate surface area is 124 Å². The lowest BCUT2D eigenvalue weighted by atomic mass is 10.2. The van der Waals surface area contributed by atoms with Crippen LogP contribution in [0.25, 0.3) is 21.8 Å². The molecule has 3 rings (SSSR count). The summed E-state index contributed by atoms with van der Waals surface area (Å²) in [4.78, 5) is 9.60. The van der Waals surface area contributed by atoms with Crippen molar-refractivity contribution < 1.29 is 9.90 Å². The average molecular weight is 281 g/mol. The molecule has 1 aromatic heterocycles. The summed E-state index contributed by atoms with van der Waals surface area (Å²) in [6, 6.07) is 17.2. The number of hydrogen-bond acceptors (Lipinski definition) is 1. The van der Waals surface area contributed by atoms with Crippen LogP contribution in [0.4, 0.5) is 0 Å². The lowest BCUT2D eigenvalue weighted by molar-refractivity contribution is -0.132. The Morgan fingerprint density at radius 3 is 1.76 bits per heavy atom. The minimum atomic E-state index is -0.935. The zero-order valence-electron chi connectivity index (χ0n) is 12.3. The molecule has 0 saturated carbocycles. The number of nitrogens with zero attached hydrogens (tertiary/aromatic N) is 1. The van der Waals surface area contributed by atoms with Crippen molar-refractivity contribution in [3.8, 4) is 0 Å². The molecule has 0 bridgehead atoms. The Hall–Kier alpha value is -2.55. The zero-order valence-corrected chi connectivity index (χ0v) is 12.3. The van der Waals surface area contributed by atoms with E-state index in [1.165, 1.54) is 28.7 Å². The molecule has 0 aliphatic rings. The number of carboxylic acids is 1. The Kier molecular flexibility index (Phi) is 4.43. The van der Waals surface area contributed by atoms with Gasteiger partial charge in [-0.15, -0.1) is 0 Å². The normalized spacial score (nSPS) is 10.2. The first kappa shape index (κ1) is 14.9. The second-order valence-electron chi connectivity index (χ2n) is 4.86. The highest BCUT2D eigenvalue weighted by atomic mass is 16.4. The zero-order chi connectivity index (χ0) is 15.4. The summed E-state index contributed by atoms with van der Waals surface area (Å²) >= 11 is 0. The monoisotopic (exact) mass is 281 g/mol. The van der Waals surface area contributed by atoms with Crippen LogP contribution in [0.3, 0.4) is 0 Å². The maximum atomic E-state index is 9.60. The van der Waals surface area contributed by atoms with Gasteiger partial charge >= 0.3 is 5.97 Å². The first-order valence-electron chi connectivity index (χ1n) is 6.91. The van der Waals surface area contributed by atoms with Crippen molar-refractivity contribution in [1.82, 2.24) is 4.57 Å². The highest BCUT2D eigenvalue weighted by molar-refractivity contribution is 6.07. The van der Waals surface area contributed by atoms with Crippen molar-refractivity contribution in [2.75, 3.05) is 0 Å². The first-order chi connectivity index (χ1) is 10.1. The van der Waals surface area contributed by atoms with Crippen LogP contribution in [0.5, 0.6) is 0 Å². The van der Waals surface area contributed by atoms with E-state index in [4.69, 9.17) is 5.11 Å². The molecule has 0 fully saturated rings. The van der Waals surface area contributed by atoms with Crippen molar-refractivity contribution in [2.24, 2.45) is 0 Å². The molecule has 0 aliphatic heterocycles. The van der Waals surface area contributed by atoms with Crippen LogP contribution in [-0.2, 0) is 11.3 Å². The van der Waals surface area contributed by atoms with Gasteiger partial charge in [0.2, 0.25) is 0 Å². The number of aliphatic carboxylic acids is 1. The summed E-state index contributed by atoms with van der Waals surface area (Å²) in [7, 11) is 0. The summed E-state index contributed by atoms with van der Waals surface area (Å²) in [5, 5.41) is 10.6. The lowest BCUT2D eigenvalue weighted by Crippen LogP contribution is -1.92. The van der Waals surface area contributed by atoms with Gasteiger partial charge in [-0.1, -0.05) is 43.0 Å². The van der Waals surface area contributed by atoms with E-state index in [-0.39, 0.29) is 5.57 Å². The van der Waals surface area contributed by atoms with Gasteiger partial charge in [0.25, 0.3) is 0 Å². The number of carbonyl (C=O) groups is 1. The molecular weight excluding hydrogens is 262 g/mol. The van der Waals surface area contributed by atoms with Gasteiger partial charge in [0.05, 0.1) is 0 Å². The number of aryl methyl sites for hydroxylation is 1. The summed E-state index contributed by atoms with van der Waals surface area (Å²) in [6.07, 6.45) is 0. The van der Waals surface area contributed by atoms with Crippen LogP contribution < -0.4 is 0 Å². The molecule has 1 N–H and O–H groups in total. The van der Waals surface area contributed by atoms with Crippen molar-refractivity contribution in [2.45, 2.75) is 20.4 Å². The molecule has 3 nitrogen and oxygen atoms in total. The molecule has 0 radical (unpaired) electrons. The van der Waals surface area contributed by atoms with Gasteiger partial charge in [-0.3, -0.25) is 0 Å². The van der Waals surface area contributed by atoms with E-state index in [1.807, 2.05) is 0 Å². The van der Waals surface area contributed by atoms with Gasteiger partial charge in [-0.05, 0) is 26.0 Å². The van der Waals surface area contributed by atoms with Crippen LogP contribution in [0, 0.1) is 0 Å². The molecule has 2 aromatic carbocycles. The van der Waals surface area contributed by atoms with Crippen LogP contribution in [0.15, 0.2) is 60.7 Å². The number of benzene rings is 2. The minimum Gasteiger partial charge on any atom is -0.478 e. The quantitative estimate of drug-likeness (QED) is 0.705. The molecule has 3 aromatic rings. The number of para-hydroxylation sites is 2. The minimum absolute atomic E-state index is 0.176. The number of hydrogen-bond donors (Lipinski definition) is 1. The van der Waals surface area contributed by atoms with Crippen LogP contribution in [0.1, 0.15) is 13.8 Å². The molecule has 21 heavy (non-hydrogen) atoms. The average Bonchev–Trinajstić information content (AvgIpc) is 2.81. The number of fused-ring (bicyclic) bond motifs is 3. The third kappa shape index (κ3) is 2.97. The van der Waals surface area contributed by atoms with E-state index in [2.05, 4.69) is 66.6 Å². The highest BCUT2D eigenvalue weighted by Crippen LogP contribution is 2.28. The van der Waals surface area contributed by atoms with E-state index in [1.54, 1.807) is 0 Å². The van der Waals surface area contributed by atoms with Crippen molar-refractivity contribution in [3.05, 3.63) is 60.7 Å². The van der Waals surface area contributed by atoms with E-state index in [9.17, 15) is 4.79 Å². The molecule has 0 spiro atoms. The standard InChI is InChI=1S/C14H13N.C4H6O2/c1-2-15-13-9-5-3-7-11(13)12-8-4-6-10-14(12)15;1-3(2)4(5)6/h3-10H,2H2,1H3;1H2,2H3,(H,5,6). The molecule has 0 unspecified atom stereocenters. The summed E-state index contributed by atoms with van der Waals surface area (Å²) in [5.41, 5.74) is 2.84. The predicted molar refractivity (Wildman–Crippen MR) is 87.6 cm³/mol. The molecule has 108 valence electrons. The Bertz CT molecular complexity index is 734. The van der Waals surface area contributed by atoms with Gasteiger partial charge in [0, 0.05) is 33.9 Å². The maximum Gasteiger partial charge on any atom is 0.330 e. The van der Waals surface area contributed by atoms with Gasteiger partial charge in [0.15, 0.2) is 0 Å². The summed E-state index contributed by atoms with van der Waals surface area (Å²) in [5.74, 6) is -0.935. The Morgan fingerprint density at radius 2 is 1.43 bits per heavy atom. The Balaban J connectivity index is 0.000000232. The Morgan fingerprint density at radius 1 is 1.05 bits per heavy atom. The molecule has 3 heteroatoms. The molecular formula is C18H19NO2. The fourth-order valence-corrected chi connectivity index (χ4v) is 2.34.